The highest BCUT2D eigenvalue weighted by atomic mass is 79.9. The molecule has 2 nitrogen and oxygen atoms in total. The van der Waals surface area contributed by atoms with Crippen molar-refractivity contribution < 1.29 is 9.00 Å². The smallest absolute Gasteiger partial charge is 0.178 e. The largest absolute Gasteiger partial charge is 0.293 e. The topological polar surface area (TPSA) is 34.1 Å². The lowest BCUT2D eigenvalue weighted by molar-refractivity contribution is 0.0992. The summed E-state index contributed by atoms with van der Waals surface area (Å²) in [6.45, 7) is 3.70. The SMILES string of the molecule is CCCS(=O)C(C)C(=O)c1ccc(Br)cc1. The third-order valence-corrected chi connectivity index (χ3v) is 4.64. The fraction of sp³-hybridized carbons (Fsp3) is 0.417. The standard InChI is InChI=1S/C12H15BrO2S/c1-3-8-16(15)9(2)12(14)10-4-6-11(13)7-5-10/h4-7,9H,3,8H2,1-2H3. The Morgan fingerprint density at radius 2 is 1.94 bits per heavy atom. The van der Waals surface area contributed by atoms with E-state index in [0.29, 0.717) is 11.3 Å². The average molecular weight is 303 g/mol. The predicted octanol–water partition coefficient (Wildman–Crippen LogP) is 3.18. The molecular formula is C12H15BrO2S. The fourth-order valence-electron chi connectivity index (χ4n) is 1.35. The zero-order valence-electron chi connectivity index (χ0n) is 9.40. The molecule has 0 aromatic heterocycles. The summed E-state index contributed by atoms with van der Waals surface area (Å²) < 4.78 is 12.6. The molecule has 1 rings (SSSR count). The summed E-state index contributed by atoms with van der Waals surface area (Å²) in [6.07, 6.45) is 0.838. The van der Waals surface area contributed by atoms with Gasteiger partial charge in [-0.15, -0.1) is 0 Å². The molecule has 0 spiro atoms. The van der Waals surface area contributed by atoms with Gasteiger partial charge in [-0.05, 0) is 25.5 Å². The molecule has 0 aliphatic carbocycles. The van der Waals surface area contributed by atoms with Crippen LogP contribution in [0.2, 0.25) is 0 Å². The molecule has 0 N–H and O–H groups in total. The molecule has 0 bridgehead atoms. The van der Waals surface area contributed by atoms with Crippen LogP contribution in [-0.4, -0.2) is 21.0 Å². The van der Waals surface area contributed by atoms with E-state index in [1.807, 2.05) is 19.1 Å². The van der Waals surface area contributed by atoms with E-state index >= 15 is 0 Å². The summed E-state index contributed by atoms with van der Waals surface area (Å²) >= 11 is 3.31. The van der Waals surface area contributed by atoms with Crippen molar-refractivity contribution in [3.8, 4) is 0 Å². The summed E-state index contributed by atoms with van der Waals surface area (Å²) in [5.74, 6) is 0.544. The zero-order valence-corrected chi connectivity index (χ0v) is 11.8. The Morgan fingerprint density at radius 3 is 2.44 bits per heavy atom. The first kappa shape index (κ1) is 13.6. The molecule has 0 amide bonds. The Kier molecular flexibility index (Phi) is 5.35. The molecule has 1 aromatic rings. The molecule has 0 radical (unpaired) electrons. The van der Waals surface area contributed by atoms with E-state index in [1.54, 1.807) is 19.1 Å². The maximum absolute atomic E-state index is 12.0. The van der Waals surface area contributed by atoms with E-state index in [1.165, 1.54) is 0 Å². The molecule has 88 valence electrons. The van der Waals surface area contributed by atoms with Crippen molar-refractivity contribution in [3.63, 3.8) is 0 Å². The minimum atomic E-state index is -1.06. The molecule has 0 aliphatic heterocycles. The molecule has 16 heavy (non-hydrogen) atoms. The summed E-state index contributed by atoms with van der Waals surface area (Å²) in [5, 5.41) is -0.416. The number of ketones is 1. The van der Waals surface area contributed by atoms with Crippen LogP contribution in [0.5, 0.6) is 0 Å². The number of rotatable bonds is 5. The molecule has 0 aliphatic rings. The van der Waals surface area contributed by atoms with Crippen molar-refractivity contribution in [2.75, 3.05) is 5.75 Å². The monoisotopic (exact) mass is 302 g/mol. The van der Waals surface area contributed by atoms with Crippen LogP contribution in [0, 0.1) is 0 Å². The van der Waals surface area contributed by atoms with Crippen LogP contribution in [0.25, 0.3) is 0 Å². The van der Waals surface area contributed by atoms with Gasteiger partial charge in [0.1, 0.15) is 0 Å². The number of Topliss-reactive ketones (excluding diaryl/α,β-unsaturated/α-hetero) is 1. The predicted molar refractivity (Wildman–Crippen MR) is 71.2 cm³/mol. The van der Waals surface area contributed by atoms with E-state index in [-0.39, 0.29) is 5.78 Å². The van der Waals surface area contributed by atoms with Gasteiger partial charge in [0.25, 0.3) is 0 Å². The molecule has 0 fully saturated rings. The van der Waals surface area contributed by atoms with Gasteiger partial charge in [-0.1, -0.05) is 35.0 Å². The van der Waals surface area contributed by atoms with Crippen molar-refractivity contribution in [2.45, 2.75) is 25.5 Å². The summed E-state index contributed by atoms with van der Waals surface area (Å²) in [4.78, 5) is 12.0. The number of hydrogen-bond acceptors (Lipinski definition) is 2. The molecular weight excluding hydrogens is 288 g/mol. The zero-order chi connectivity index (χ0) is 12.1. The van der Waals surface area contributed by atoms with Gasteiger partial charge in [-0.2, -0.15) is 0 Å². The van der Waals surface area contributed by atoms with Crippen LogP contribution < -0.4 is 0 Å². The number of hydrogen-bond donors (Lipinski definition) is 0. The average Bonchev–Trinajstić information content (AvgIpc) is 2.28. The summed E-state index contributed by atoms with van der Waals surface area (Å²) in [5.41, 5.74) is 0.625. The maximum Gasteiger partial charge on any atom is 0.178 e. The molecule has 2 atom stereocenters. The first-order chi connectivity index (χ1) is 7.56. The lowest BCUT2D eigenvalue weighted by Gasteiger charge is -2.09. The van der Waals surface area contributed by atoms with E-state index in [0.717, 1.165) is 10.9 Å². The van der Waals surface area contributed by atoms with E-state index < -0.39 is 16.0 Å². The number of halogens is 1. The highest BCUT2D eigenvalue weighted by Crippen LogP contribution is 2.14. The third-order valence-electron chi connectivity index (χ3n) is 2.30. The third kappa shape index (κ3) is 3.52. The highest BCUT2D eigenvalue weighted by Gasteiger charge is 2.20. The molecule has 0 saturated carbocycles. The second-order valence-electron chi connectivity index (χ2n) is 3.60. The number of carbonyl (C=O) groups is 1. The highest BCUT2D eigenvalue weighted by molar-refractivity contribution is 9.10. The Balaban J connectivity index is 2.78. The first-order valence-corrected chi connectivity index (χ1v) is 7.40. The van der Waals surface area contributed by atoms with Crippen molar-refractivity contribution in [1.29, 1.82) is 0 Å². The van der Waals surface area contributed by atoms with Crippen molar-refractivity contribution in [1.82, 2.24) is 0 Å². The lowest BCUT2D eigenvalue weighted by Crippen LogP contribution is -2.24. The van der Waals surface area contributed by atoms with Gasteiger partial charge in [-0.3, -0.25) is 9.00 Å². The van der Waals surface area contributed by atoms with Crippen LogP contribution in [0.15, 0.2) is 28.7 Å². The Labute approximate surface area is 107 Å². The Morgan fingerprint density at radius 1 is 1.38 bits per heavy atom. The van der Waals surface area contributed by atoms with Crippen LogP contribution in [0.1, 0.15) is 30.6 Å². The van der Waals surface area contributed by atoms with Gasteiger partial charge in [0, 0.05) is 26.6 Å². The Hall–Kier alpha value is -0.480. The van der Waals surface area contributed by atoms with Crippen LogP contribution in [0.4, 0.5) is 0 Å². The van der Waals surface area contributed by atoms with Crippen molar-refractivity contribution in [2.24, 2.45) is 0 Å². The lowest BCUT2D eigenvalue weighted by atomic mass is 10.1. The van der Waals surface area contributed by atoms with Gasteiger partial charge in [-0.25, -0.2) is 0 Å². The molecule has 1 aromatic carbocycles. The summed E-state index contributed by atoms with van der Waals surface area (Å²) in [7, 11) is -1.06. The number of benzene rings is 1. The van der Waals surface area contributed by atoms with Crippen LogP contribution in [-0.2, 0) is 10.8 Å². The van der Waals surface area contributed by atoms with E-state index in [4.69, 9.17) is 0 Å². The molecule has 4 heteroatoms. The van der Waals surface area contributed by atoms with Gasteiger partial charge < -0.3 is 0 Å². The molecule has 0 heterocycles. The van der Waals surface area contributed by atoms with E-state index in [2.05, 4.69) is 15.9 Å². The van der Waals surface area contributed by atoms with Crippen LogP contribution >= 0.6 is 15.9 Å². The van der Waals surface area contributed by atoms with Crippen molar-refractivity contribution >= 4 is 32.5 Å². The molecule has 0 saturated heterocycles. The van der Waals surface area contributed by atoms with E-state index in [9.17, 15) is 9.00 Å². The van der Waals surface area contributed by atoms with Crippen molar-refractivity contribution in [3.05, 3.63) is 34.3 Å². The minimum absolute atomic E-state index is 0.0423. The normalized spacial score (nSPS) is 14.4. The van der Waals surface area contributed by atoms with Crippen LogP contribution in [0.3, 0.4) is 0 Å². The number of carbonyl (C=O) groups excluding carboxylic acids is 1. The minimum Gasteiger partial charge on any atom is -0.293 e. The second kappa shape index (κ2) is 6.30. The van der Waals surface area contributed by atoms with Gasteiger partial charge in [0.05, 0.1) is 5.25 Å². The fourth-order valence-corrected chi connectivity index (χ4v) is 2.74. The maximum atomic E-state index is 12.0. The Bertz CT molecular complexity index is 387. The van der Waals surface area contributed by atoms with Gasteiger partial charge in [0.2, 0.25) is 0 Å². The molecule has 2 unspecified atom stereocenters. The first-order valence-electron chi connectivity index (χ1n) is 5.23. The quantitative estimate of drug-likeness (QED) is 0.783. The second-order valence-corrected chi connectivity index (χ2v) is 6.39. The van der Waals surface area contributed by atoms with Gasteiger partial charge in [0.15, 0.2) is 5.78 Å². The van der Waals surface area contributed by atoms with Gasteiger partial charge >= 0.3 is 0 Å². The summed E-state index contributed by atoms with van der Waals surface area (Å²) in [6, 6.07) is 7.16.